The SMILES string of the molecule is CCN1CCCC1CN=C(N)NCCCNC(=O)c1cccs1. The van der Waals surface area contributed by atoms with Gasteiger partial charge in [-0.05, 0) is 43.8 Å². The molecule has 7 heteroatoms. The van der Waals surface area contributed by atoms with E-state index in [1.54, 1.807) is 0 Å². The Kier molecular flexibility index (Phi) is 7.35. The highest BCUT2D eigenvalue weighted by Crippen LogP contribution is 2.16. The summed E-state index contributed by atoms with van der Waals surface area (Å²) in [7, 11) is 0. The van der Waals surface area contributed by atoms with Crippen molar-refractivity contribution >= 4 is 23.2 Å². The maximum atomic E-state index is 11.7. The summed E-state index contributed by atoms with van der Waals surface area (Å²) < 4.78 is 0. The number of guanidine groups is 1. The third kappa shape index (κ3) is 5.84. The normalized spacial score (nSPS) is 19.0. The van der Waals surface area contributed by atoms with Gasteiger partial charge in [0, 0.05) is 19.1 Å². The Hall–Kier alpha value is -1.60. The van der Waals surface area contributed by atoms with Crippen LogP contribution in [-0.4, -0.2) is 55.5 Å². The number of hydrogen-bond acceptors (Lipinski definition) is 4. The van der Waals surface area contributed by atoms with Crippen LogP contribution < -0.4 is 16.4 Å². The summed E-state index contributed by atoms with van der Waals surface area (Å²) in [5.74, 6) is 0.486. The molecule has 1 aliphatic rings. The van der Waals surface area contributed by atoms with Gasteiger partial charge in [-0.25, -0.2) is 0 Å². The summed E-state index contributed by atoms with van der Waals surface area (Å²) in [6, 6.07) is 4.24. The van der Waals surface area contributed by atoms with Crippen molar-refractivity contribution in [2.24, 2.45) is 10.7 Å². The van der Waals surface area contributed by atoms with Gasteiger partial charge in [-0.15, -0.1) is 11.3 Å². The first kappa shape index (κ1) is 17.7. The lowest BCUT2D eigenvalue weighted by Gasteiger charge is -2.20. The maximum Gasteiger partial charge on any atom is 0.261 e. The largest absolute Gasteiger partial charge is 0.370 e. The Morgan fingerprint density at radius 3 is 3.04 bits per heavy atom. The molecule has 1 amide bonds. The zero-order chi connectivity index (χ0) is 16.5. The number of nitrogens with one attached hydrogen (secondary N) is 2. The Labute approximate surface area is 142 Å². The van der Waals surface area contributed by atoms with E-state index in [9.17, 15) is 4.79 Å². The molecule has 4 N–H and O–H groups in total. The van der Waals surface area contributed by atoms with Gasteiger partial charge in [-0.2, -0.15) is 0 Å². The van der Waals surface area contributed by atoms with E-state index in [0.717, 1.165) is 24.4 Å². The van der Waals surface area contributed by atoms with Crippen LogP contribution in [0.5, 0.6) is 0 Å². The molecule has 2 rings (SSSR count). The Morgan fingerprint density at radius 1 is 1.48 bits per heavy atom. The van der Waals surface area contributed by atoms with Crippen molar-refractivity contribution in [2.45, 2.75) is 32.2 Å². The predicted molar refractivity (Wildman–Crippen MR) is 96.0 cm³/mol. The van der Waals surface area contributed by atoms with E-state index in [-0.39, 0.29) is 5.91 Å². The van der Waals surface area contributed by atoms with Gasteiger partial charge in [0.25, 0.3) is 5.91 Å². The van der Waals surface area contributed by atoms with Crippen LogP contribution in [-0.2, 0) is 0 Å². The van der Waals surface area contributed by atoms with E-state index in [1.807, 2.05) is 17.5 Å². The fourth-order valence-electron chi connectivity index (χ4n) is 2.78. The molecule has 1 atom stereocenters. The molecule has 1 unspecified atom stereocenters. The summed E-state index contributed by atoms with van der Waals surface area (Å²) in [4.78, 5) is 19.4. The topological polar surface area (TPSA) is 82.8 Å². The van der Waals surface area contributed by atoms with Crippen LogP contribution in [0.4, 0.5) is 0 Å². The summed E-state index contributed by atoms with van der Waals surface area (Å²) in [5, 5.41) is 7.90. The fraction of sp³-hybridized carbons (Fsp3) is 0.625. The first-order chi connectivity index (χ1) is 11.2. The second-order valence-corrected chi connectivity index (χ2v) is 6.61. The van der Waals surface area contributed by atoms with Crippen molar-refractivity contribution in [1.82, 2.24) is 15.5 Å². The van der Waals surface area contributed by atoms with Crippen LogP contribution in [0.25, 0.3) is 0 Å². The monoisotopic (exact) mass is 337 g/mol. The van der Waals surface area contributed by atoms with Gasteiger partial charge in [0.1, 0.15) is 0 Å². The van der Waals surface area contributed by atoms with Crippen LogP contribution in [0, 0.1) is 0 Å². The quantitative estimate of drug-likeness (QED) is 0.379. The Bertz CT molecular complexity index is 503. The van der Waals surface area contributed by atoms with Gasteiger partial charge in [-0.3, -0.25) is 14.7 Å². The van der Waals surface area contributed by atoms with Gasteiger partial charge >= 0.3 is 0 Å². The summed E-state index contributed by atoms with van der Waals surface area (Å²) in [6.07, 6.45) is 3.28. The number of likely N-dealkylation sites (N-methyl/N-ethyl adjacent to an activating group) is 1. The number of amides is 1. The van der Waals surface area contributed by atoms with E-state index in [1.165, 1.54) is 30.7 Å². The average Bonchev–Trinajstić information content (AvgIpc) is 3.23. The molecule has 0 saturated carbocycles. The first-order valence-electron chi connectivity index (χ1n) is 8.30. The Balaban J connectivity index is 1.56. The van der Waals surface area contributed by atoms with Crippen molar-refractivity contribution in [3.63, 3.8) is 0 Å². The van der Waals surface area contributed by atoms with Crippen LogP contribution >= 0.6 is 11.3 Å². The summed E-state index contributed by atoms with van der Waals surface area (Å²) in [6.45, 7) is 6.55. The molecule has 0 spiro atoms. The summed E-state index contributed by atoms with van der Waals surface area (Å²) >= 11 is 1.45. The lowest BCUT2D eigenvalue weighted by Crippen LogP contribution is -2.37. The zero-order valence-electron chi connectivity index (χ0n) is 13.8. The van der Waals surface area contributed by atoms with Crippen molar-refractivity contribution in [1.29, 1.82) is 0 Å². The van der Waals surface area contributed by atoms with Crippen LogP contribution in [0.2, 0.25) is 0 Å². The molecule has 6 nitrogen and oxygen atoms in total. The van der Waals surface area contributed by atoms with Crippen LogP contribution in [0.15, 0.2) is 22.5 Å². The van der Waals surface area contributed by atoms with Crippen molar-refractivity contribution in [3.8, 4) is 0 Å². The van der Waals surface area contributed by atoms with E-state index < -0.39 is 0 Å². The molecule has 23 heavy (non-hydrogen) atoms. The number of nitrogens with two attached hydrogens (primary N) is 1. The van der Waals surface area contributed by atoms with Gasteiger partial charge in [0.05, 0.1) is 11.4 Å². The minimum absolute atomic E-state index is 0.0115. The fourth-order valence-corrected chi connectivity index (χ4v) is 3.42. The molecule has 1 aromatic rings. The maximum absolute atomic E-state index is 11.7. The molecule has 0 radical (unpaired) electrons. The molecule has 1 fully saturated rings. The molecule has 0 bridgehead atoms. The van der Waals surface area contributed by atoms with Crippen molar-refractivity contribution in [2.75, 3.05) is 32.7 Å². The van der Waals surface area contributed by atoms with Crippen LogP contribution in [0.3, 0.4) is 0 Å². The minimum Gasteiger partial charge on any atom is -0.370 e. The standard InChI is InChI=1S/C16H27N5OS/c1-2-21-10-3-6-13(21)12-20-16(17)19-9-5-8-18-15(22)14-7-4-11-23-14/h4,7,11,13H,2-3,5-6,8-10,12H2,1H3,(H,18,22)(H3,17,19,20). The molecule has 1 aliphatic heterocycles. The highest BCUT2D eigenvalue weighted by Gasteiger charge is 2.22. The van der Waals surface area contributed by atoms with Crippen LogP contribution in [0.1, 0.15) is 35.9 Å². The molecule has 1 saturated heterocycles. The van der Waals surface area contributed by atoms with Gasteiger partial charge in [-0.1, -0.05) is 13.0 Å². The third-order valence-electron chi connectivity index (χ3n) is 4.07. The number of hydrogen-bond donors (Lipinski definition) is 3. The number of rotatable bonds is 8. The summed E-state index contributed by atoms with van der Waals surface area (Å²) in [5.41, 5.74) is 5.89. The number of carbonyl (C=O) groups excluding carboxylic acids is 1. The number of likely N-dealkylation sites (tertiary alicyclic amines) is 1. The lowest BCUT2D eigenvalue weighted by atomic mass is 10.2. The van der Waals surface area contributed by atoms with E-state index in [4.69, 9.17) is 5.73 Å². The smallest absolute Gasteiger partial charge is 0.261 e. The lowest BCUT2D eigenvalue weighted by molar-refractivity contribution is 0.0957. The van der Waals surface area contributed by atoms with Gasteiger partial charge < -0.3 is 16.4 Å². The van der Waals surface area contributed by atoms with Gasteiger partial charge in [0.2, 0.25) is 0 Å². The number of nitrogens with zero attached hydrogens (tertiary/aromatic N) is 2. The Morgan fingerprint density at radius 2 is 2.30 bits per heavy atom. The first-order valence-corrected chi connectivity index (χ1v) is 9.18. The second kappa shape index (κ2) is 9.52. The van der Waals surface area contributed by atoms with E-state index >= 15 is 0 Å². The highest BCUT2D eigenvalue weighted by molar-refractivity contribution is 7.12. The average molecular weight is 337 g/mol. The minimum atomic E-state index is -0.0115. The highest BCUT2D eigenvalue weighted by atomic mass is 32.1. The zero-order valence-corrected chi connectivity index (χ0v) is 14.6. The molecule has 0 aromatic carbocycles. The molecular weight excluding hydrogens is 310 g/mol. The molecule has 0 aliphatic carbocycles. The molecule has 1 aromatic heterocycles. The second-order valence-electron chi connectivity index (χ2n) is 5.66. The van der Waals surface area contributed by atoms with Gasteiger partial charge in [0.15, 0.2) is 5.96 Å². The number of thiophene rings is 1. The van der Waals surface area contributed by atoms with E-state index in [2.05, 4.69) is 27.4 Å². The molecule has 128 valence electrons. The van der Waals surface area contributed by atoms with Crippen molar-refractivity contribution < 1.29 is 4.79 Å². The van der Waals surface area contributed by atoms with Crippen molar-refractivity contribution in [3.05, 3.63) is 22.4 Å². The molecule has 2 heterocycles. The molecular formula is C16H27N5OS. The number of carbonyl (C=O) groups is 1. The number of aliphatic imine (C=N–C) groups is 1. The van der Waals surface area contributed by atoms with E-state index in [0.29, 0.717) is 25.1 Å². The third-order valence-corrected chi connectivity index (χ3v) is 4.94. The predicted octanol–water partition coefficient (Wildman–Crippen LogP) is 1.26.